The monoisotopic (exact) mass is 308 g/mol. The molecule has 0 amide bonds. The normalized spacial score (nSPS) is 25.9. The fourth-order valence-electron chi connectivity index (χ4n) is 2.44. The summed E-state index contributed by atoms with van der Waals surface area (Å²) in [6.07, 6.45) is 4.58. The van der Waals surface area contributed by atoms with Crippen LogP contribution in [0.15, 0.2) is 0 Å². The molecule has 1 aliphatic rings. The summed E-state index contributed by atoms with van der Waals surface area (Å²) in [4.78, 5) is 0. The molecule has 0 aliphatic heterocycles. The van der Waals surface area contributed by atoms with E-state index in [-0.39, 0.29) is 18.2 Å². The Morgan fingerprint density at radius 1 is 1.25 bits per heavy atom. The van der Waals surface area contributed by atoms with Gasteiger partial charge < -0.3 is 15.2 Å². The Bertz CT molecular complexity index is 373. The van der Waals surface area contributed by atoms with Crippen LogP contribution in [-0.2, 0) is 14.8 Å². The smallest absolute Gasteiger partial charge is 0.209 e. The maximum atomic E-state index is 11.4. The predicted octanol–water partition coefficient (Wildman–Crippen LogP) is 0.222. The minimum atomic E-state index is -3.19. The van der Waals surface area contributed by atoms with Crippen LogP contribution in [-0.4, -0.2) is 57.2 Å². The van der Waals surface area contributed by atoms with E-state index in [1.165, 1.54) is 6.26 Å². The summed E-state index contributed by atoms with van der Waals surface area (Å²) in [5.41, 5.74) is 0. The van der Waals surface area contributed by atoms with Crippen molar-refractivity contribution in [2.75, 3.05) is 19.4 Å². The van der Waals surface area contributed by atoms with Crippen molar-refractivity contribution in [2.45, 2.75) is 63.8 Å². The Balaban J connectivity index is 2.38. The Hall–Kier alpha value is -0.210. The van der Waals surface area contributed by atoms with Crippen LogP contribution in [0, 0.1) is 0 Å². The van der Waals surface area contributed by atoms with Crippen LogP contribution in [0.25, 0.3) is 0 Å². The first-order chi connectivity index (χ1) is 9.28. The molecular weight excluding hydrogens is 280 g/mol. The molecule has 0 aromatic heterocycles. The maximum absolute atomic E-state index is 11.4. The number of nitrogens with one attached hydrogen (secondary N) is 2. The molecule has 1 saturated carbocycles. The summed E-state index contributed by atoms with van der Waals surface area (Å²) < 4.78 is 30.7. The third-order valence-corrected chi connectivity index (χ3v) is 4.10. The van der Waals surface area contributed by atoms with Gasteiger partial charge >= 0.3 is 0 Å². The van der Waals surface area contributed by atoms with Crippen LogP contribution >= 0.6 is 0 Å². The highest BCUT2D eigenvalue weighted by Gasteiger charge is 2.27. The Morgan fingerprint density at radius 2 is 1.85 bits per heavy atom. The largest absolute Gasteiger partial charge is 0.389 e. The van der Waals surface area contributed by atoms with E-state index in [2.05, 4.69) is 10.0 Å². The van der Waals surface area contributed by atoms with Gasteiger partial charge in [-0.2, -0.15) is 0 Å². The van der Waals surface area contributed by atoms with Crippen LogP contribution in [0.5, 0.6) is 0 Å². The van der Waals surface area contributed by atoms with Crippen molar-refractivity contribution in [2.24, 2.45) is 0 Å². The number of aliphatic hydroxyl groups excluding tert-OH is 1. The number of aliphatic hydroxyl groups is 1. The lowest BCUT2D eigenvalue weighted by molar-refractivity contribution is 0.00469. The fraction of sp³-hybridized carbons (Fsp3) is 1.00. The summed E-state index contributed by atoms with van der Waals surface area (Å²) in [6, 6.07) is -0.0101. The molecule has 1 rings (SSSR count). The molecule has 0 unspecified atom stereocenters. The lowest BCUT2D eigenvalue weighted by atomic mass is 9.91. The van der Waals surface area contributed by atoms with Gasteiger partial charge in [-0.25, -0.2) is 13.1 Å². The number of hydrogen-bond acceptors (Lipinski definition) is 5. The highest BCUT2D eigenvalue weighted by atomic mass is 32.2. The average molecular weight is 308 g/mol. The van der Waals surface area contributed by atoms with Crippen LogP contribution in [0.3, 0.4) is 0 Å². The highest BCUT2D eigenvalue weighted by molar-refractivity contribution is 7.88. The van der Waals surface area contributed by atoms with Crippen molar-refractivity contribution < 1.29 is 18.3 Å². The first-order valence-electron chi connectivity index (χ1n) is 7.28. The SMILES string of the molecule is CC(C)OC[C@H](O)CN[C@@H]1CCCC[C@@H]1NS(C)(=O)=O. The van der Waals surface area contributed by atoms with Crippen LogP contribution in [0.2, 0.25) is 0 Å². The number of hydrogen-bond donors (Lipinski definition) is 3. The molecule has 7 heteroatoms. The van der Waals surface area contributed by atoms with E-state index in [1.54, 1.807) is 0 Å². The van der Waals surface area contributed by atoms with Crippen molar-refractivity contribution in [1.29, 1.82) is 0 Å². The summed E-state index contributed by atoms with van der Waals surface area (Å²) >= 11 is 0. The molecule has 0 aromatic carbocycles. The molecule has 0 bridgehead atoms. The van der Waals surface area contributed by atoms with Gasteiger partial charge in [0.15, 0.2) is 0 Å². The second kappa shape index (κ2) is 8.29. The number of ether oxygens (including phenoxy) is 1. The standard InChI is InChI=1S/C13H28N2O4S/c1-10(2)19-9-11(16)8-14-12-6-4-5-7-13(12)15-20(3,17)18/h10-16H,4-9H2,1-3H3/t11-,12-,13+/m1/s1. The highest BCUT2D eigenvalue weighted by Crippen LogP contribution is 2.19. The molecular formula is C13H28N2O4S. The summed E-state index contributed by atoms with van der Waals surface area (Å²) in [5.74, 6) is 0. The zero-order chi connectivity index (χ0) is 15.2. The third kappa shape index (κ3) is 7.54. The fourth-order valence-corrected chi connectivity index (χ4v) is 3.27. The van der Waals surface area contributed by atoms with Crippen molar-refractivity contribution in [3.8, 4) is 0 Å². The molecule has 0 heterocycles. The Labute approximate surface area is 122 Å². The minimum absolute atomic E-state index is 0.0761. The first kappa shape index (κ1) is 17.8. The Kier molecular flexibility index (Phi) is 7.39. The third-order valence-electron chi connectivity index (χ3n) is 3.37. The van der Waals surface area contributed by atoms with Gasteiger partial charge in [0.1, 0.15) is 0 Å². The van der Waals surface area contributed by atoms with Gasteiger partial charge in [-0.15, -0.1) is 0 Å². The zero-order valence-electron chi connectivity index (χ0n) is 12.6. The predicted molar refractivity (Wildman–Crippen MR) is 79.1 cm³/mol. The second-order valence-electron chi connectivity index (χ2n) is 5.83. The molecule has 3 N–H and O–H groups in total. The molecule has 6 nitrogen and oxygen atoms in total. The van der Waals surface area contributed by atoms with Crippen molar-refractivity contribution in [3.63, 3.8) is 0 Å². The molecule has 1 fully saturated rings. The number of rotatable bonds is 8. The van der Waals surface area contributed by atoms with Gasteiger partial charge in [-0.1, -0.05) is 12.8 Å². The average Bonchev–Trinajstić information content (AvgIpc) is 2.33. The van der Waals surface area contributed by atoms with Gasteiger partial charge in [0, 0.05) is 18.6 Å². The van der Waals surface area contributed by atoms with E-state index >= 15 is 0 Å². The van der Waals surface area contributed by atoms with Crippen molar-refractivity contribution in [3.05, 3.63) is 0 Å². The zero-order valence-corrected chi connectivity index (χ0v) is 13.4. The summed E-state index contributed by atoms with van der Waals surface area (Å²) in [7, 11) is -3.19. The second-order valence-corrected chi connectivity index (χ2v) is 7.61. The quantitative estimate of drug-likeness (QED) is 0.597. The molecule has 120 valence electrons. The first-order valence-corrected chi connectivity index (χ1v) is 9.17. The minimum Gasteiger partial charge on any atom is -0.389 e. The van der Waals surface area contributed by atoms with Crippen LogP contribution < -0.4 is 10.0 Å². The lowest BCUT2D eigenvalue weighted by Gasteiger charge is -2.33. The van der Waals surface area contributed by atoms with E-state index in [4.69, 9.17) is 4.74 Å². The molecule has 20 heavy (non-hydrogen) atoms. The molecule has 3 atom stereocenters. The lowest BCUT2D eigenvalue weighted by Crippen LogP contribution is -2.53. The van der Waals surface area contributed by atoms with Crippen LogP contribution in [0.1, 0.15) is 39.5 Å². The van der Waals surface area contributed by atoms with Crippen molar-refractivity contribution in [1.82, 2.24) is 10.0 Å². The molecule has 1 aliphatic carbocycles. The van der Waals surface area contributed by atoms with E-state index < -0.39 is 16.1 Å². The van der Waals surface area contributed by atoms with Gasteiger partial charge in [-0.05, 0) is 26.7 Å². The van der Waals surface area contributed by atoms with E-state index in [0.29, 0.717) is 13.2 Å². The summed E-state index contributed by atoms with van der Waals surface area (Å²) in [6.45, 7) is 4.56. The molecule has 0 radical (unpaired) electrons. The van der Waals surface area contributed by atoms with Gasteiger partial charge in [0.25, 0.3) is 0 Å². The topological polar surface area (TPSA) is 87.7 Å². The van der Waals surface area contributed by atoms with E-state index in [0.717, 1.165) is 25.7 Å². The van der Waals surface area contributed by atoms with E-state index in [9.17, 15) is 13.5 Å². The van der Waals surface area contributed by atoms with Gasteiger partial charge in [-0.3, -0.25) is 0 Å². The summed E-state index contributed by atoms with van der Waals surface area (Å²) in [5, 5.41) is 13.1. The van der Waals surface area contributed by atoms with Gasteiger partial charge in [0.05, 0.1) is 25.1 Å². The van der Waals surface area contributed by atoms with Crippen LogP contribution in [0.4, 0.5) is 0 Å². The Morgan fingerprint density at radius 3 is 2.40 bits per heavy atom. The number of sulfonamides is 1. The van der Waals surface area contributed by atoms with Gasteiger partial charge in [0.2, 0.25) is 10.0 Å². The van der Waals surface area contributed by atoms with E-state index in [1.807, 2.05) is 13.8 Å². The molecule has 0 saturated heterocycles. The molecule has 0 aromatic rings. The molecule has 0 spiro atoms. The van der Waals surface area contributed by atoms with Crippen molar-refractivity contribution >= 4 is 10.0 Å². The maximum Gasteiger partial charge on any atom is 0.209 e.